The minimum atomic E-state index is -0.504. The lowest BCUT2D eigenvalue weighted by molar-refractivity contribution is -0.0444. The predicted molar refractivity (Wildman–Crippen MR) is 106 cm³/mol. The van der Waals surface area contributed by atoms with Crippen molar-refractivity contribution < 1.29 is 15.3 Å². The molecule has 0 spiro atoms. The maximum atomic E-state index is 11.2. The number of methoxy groups -OCH3 is 1. The van der Waals surface area contributed by atoms with Gasteiger partial charge in [0, 0.05) is 24.2 Å². The van der Waals surface area contributed by atoms with Gasteiger partial charge in [-0.05, 0) is 61.1 Å². The van der Waals surface area contributed by atoms with Crippen LogP contribution in [0.15, 0.2) is 43.1 Å². The van der Waals surface area contributed by atoms with E-state index in [0.717, 1.165) is 41.7 Å². The zero-order valence-electron chi connectivity index (χ0n) is 15.0. The third kappa shape index (κ3) is 3.45. The van der Waals surface area contributed by atoms with E-state index >= 15 is 0 Å². The van der Waals surface area contributed by atoms with Crippen LogP contribution in [-0.4, -0.2) is 46.7 Å². The van der Waals surface area contributed by atoms with Gasteiger partial charge >= 0.3 is 0 Å². The summed E-state index contributed by atoms with van der Waals surface area (Å²) in [5.41, 5.74) is 1.85. The Morgan fingerprint density at radius 2 is 2.19 bits per heavy atom. The number of fused-ring (bicyclic) bond motifs is 4. The van der Waals surface area contributed by atoms with Crippen molar-refractivity contribution in [2.75, 3.05) is 20.2 Å². The second-order valence-electron chi connectivity index (χ2n) is 6.97. The van der Waals surface area contributed by atoms with E-state index in [2.05, 4.69) is 22.5 Å². The van der Waals surface area contributed by atoms with Crippen molar-refractivity contribution in [3.8, 4) is 5.75 Å². The highest BCUT2D eigenvalue weighted by Gasteiger charge is 2.42. The number of piperidine rings is 3. The van der Waals surface area contributed by atoms with Crippen molar-refractivity contribution in [1.29, 1.82) is 0 Å². The molecule has 142 valence electrons. The summed E-state index contributed by atoms with van der Waals surface area (Å²) in [4.78, 5) is 6.86. The van der Waals surface area contributed by atoms with Crippen LogP contribution in [0.25, 0.3) is 10.9 Å². The molecule has 0 aliphatic carbocycles. The summed E-state index contributed by atoms with van der Waals surface area (Å²) in [5.74, 6) is 2.01. The minimum absolute atomic E-state index is 0. The van der Waals surface area contributed by atoms with E-state index in [1.165, 1.54) is 6.42 Å². The van der Waals surface area contributed by atoms with Gasteiger partial charge in [-0.3, -0.25) is 9.88 Å². The monoisotopic (exact) mass is 378 g/mol. The van der Waals surface area contributed by atoms with Crippen LogP contribution >= 0.6 is 12.4 Å². The molecule has 5 nitrogen and oxygen atoms in total. The van der Waals surface area contributed by atoms with E-state index in [1.807, 2.05) is 24.3 Å². The number of halogens is 1. The quantitative estimate of drug-likeness (QED) is 0.830. The molecule has 3 N–H and O–H groups in total. The number of hydrogen-bond acceptors (Lipinski definition) is 4. The van der Waals surface area contributed by atoms with Crippen LogP contribution in [0.3, 0.4) is 0 Å². The molecular weight excluding hydrogens is 352 g/mol. The topological polar surface area (TPSA) is 77.1 Å². The Morgan fingerprint density at radius 3 is 2.85 bits per heavy atom. The Kier molecular flexibility index (Phi) is 6.64. The summed E-state index contributed by atoms with van der Waals surface area (Å²) in [5, 5.41) is 12.1. The molecule has 2 aromatic rings. The first-order valence-corrected chi connectivity index (χ1v) is 8.68. The molecule has 0 radical (unpaired) electrons. The average Bonchev–Trinajstić information content (AvgIpc) is 2.66. The number of ether oxygens (including phenoxy) is 1. The fraction of sp³-hybridized carbons (Fsp3) is 0.450. The lowest BCUT2D eigenvalue weighted by Gasteiger charge is -2.50. The first-order valence-electron chi connectivity index (χ1n) is 8.68. The third-order valence-corrected chi connectivity index (χ3v) is 5.82. The Morgan fingerprint density at radius 1 is 1.38 bits per heavy atom. The van der Waals surface area contributed by atoms with Gasteiger partial charge in [0.2, 0.25) is 0 Å². The summed E-state index contributed by atoms with van der Waals surface area (Å²) in [6, 6.07) is 7.96. The van der Waals surface area contributed by atoms with Gasteiger partial charge in [-0.15, -0.1) is 19.0 Å². The largest absolute Gasteiger partial charge is 0.497 e. The van der Waals surface area contributed by atoms with Crippen molar-refractivity contribution in [1.82, 2.24) is 9.88 Å². The first kappa shape index (κ1) is 20.6. The molecule has 3 fully saturated rings. The Hall–Kier alpha value is -1.66. The van der Waals surface area contributed by atoms with E-state index in [4.69, 9.17) is 4.74 Å². The van der Waals surface area contributed by atoms with Crippen molar-refractivity contribution in [2.24, 2.45) is 11.8 Å². The molecular formula is C20H27ClN2O3. The number of benzene rings is 1. The summed E-state index contributed by atoms with van der Waals surface area (Å²) >= 11 is 0. The number of rotatable bonds is 4. The Bertz CT molecular complexity index is 770. The molecule has 26 heavy (non-hydrogen) atoms. The molecule has 3 aliphatic rings. The zero-order valence-corrected chi connectivity index (χ0v) is 15.8. The maximum absolute atomic E-state index is 11.2. The molecule has 0 amide bonds. The lowest BCUT2D eigenvalue weighted by Crippen LogP contribution is -2.54. The molecule has 3 saturated heterocycles. The summed E-state index contributed by atoms with van der Waals surface area (Å²) in [7, 11) is 1.66. The van der Waals surface area contributed by atoms with Crippen LogP contribution in [0, 0.1) is 11.8 Å². The fourth-order valence-electron chi connectivity index (χ4n) is 4.44. The van der Waals surface area contributed by atoms with Crippen LogP contribution in [0.1, 0.15) is 24.5 Å². The standard InChI is InChI=1S/C20H24N2O2.ClH.H2O/c1-3-13-12-22-9-7-14(13)10-19(22)20(23)16-6-8-21-18-5-4-15(24-2)11-17(16)18;;/h3-6,8,11,13-14,19-20,23H,1,7,9-10,12H2,2H3;1H;1H2/t13-,14?,19+,20+;;/m1../s1. The van der Waals surface area contributed by atoms with Gasteiger partial charge in [0.1, 0.15) is 5.75 Å². The molecule has 4 heterocycles. The van der Waals surface area contributed by atoms with Gasteiger partial charge in [-0.1, -0.05) is 6.08 Å². The molecule has 3 aliphatic heterocycles. The van der Waals surface area contributed by atoms with Crippen LogP contribution in [0.5, 0.6) is 5.75 Å². The summed E-state index contributed by atoms with van der Waals surface area (Å²) < 4.78 is 5.35. The number of aromatic nitrogens is 1. The molecule has 5 atom stereocenters. The lowest BCUT2D eigenvalue weighted by atomic mass is 9.73. The normalized spacial score (nSPS) is 27.9. The van der Waals surface area contributed by atoms with E-state index in [0.29, 0.717) is 11.8 Å². The third-order valence-electron chi connectivity index (χ3n) is 5.82. The Balaban J connectivity index is 0.00000121. The van der Waals surface area contributed by atoms with Crippen molar-refractivity contribution in [3.05, 3.63) is 48.7 Å². The van der Waals surface area contributed by atoms with Crippen LogP contribution in [-0.2, 0) is 0 Å². The SMILES string of the molecule is C=C[C@@H]1CN2CCC1C[C@H]2[C@@H](O)c1ccnc2ccc(OC)cc12.Cl.O. The number of pyridine rings is 1. The van der Waals surface area contributed by atoms with Crippen LogP contribution < -0.4 is 4.74 Å². The predicted octanol–water partition coefficient (Wildman–Crippen LogP) is 2.77. The molecule has 2 unspecified atom stereocenters. The van der Waals surface area contributed by atoms with E-state index < -0.39 is 6.10 Å². The highest BCUT2D eigenvalue weighted by atomic mass is 35.5. The number of hydrogen-bond donors (Lipinski definition) is 1. The average molecular weight is 379 g/mol. The van der Waals surface area contributed by atoms with E-state index in [9.17, 15) is 5.11 Å². The van der Waals surface area contributed by atoms with Crippen molar-refractivity contribution in [2.45, 2.75) is 25.0 Å². The van der Waals surface area contributed by atoms with Crippen molar-refractivity contribution >= 4 is 23.3 Å². The zero-order chi connectivity index (χ0) is 16.7. The first-order chi connectivity index (χ1) is 11.7. The summed E-state index contributed by atoms with van der Waals surface area (Å²) in [6.45, 7) is 6.07. The number of aliphatic hydroxyl groups excluding tert-OH is 1. The highest BCUT2D eigenvalue weighted by Crippen LogP contribution is 2.42. The maximum Gasteiger partial charge on any atom is 0.119 e. The van der Waals surface area contributed by atoms with Gasteiger partial charge in [-0.25, -0.2) is 0 Å². The number of nitrogens with zero attached hydrogens (tertiary/aromatic N) is 2. The highest BCUT2D eigenvalue weighted by molar-refractivity contribution is 5.85. The van der Waals surface area contributed by atoms with Gasteiger partial charge in [0.25, 0.3) is 0 Å². The minimum Gasteiger partial charge on any atom is -0.497 e. The van der Waals surface area contributed by atoms with Gasteiger partial charge in [-0.2, -0.15) is 0 Å². The molecule has 6 heteroatoms. The smallest absolute Gasteiger partial charge is 0.119 e. The van der Waals surface area contributed by atoms with Crippen LogP contribution in [0.4, 0.5) is 0 Å². The van der Waals surface area contributed by atoms with Gasteiger partial charge in [0.05, 0.1) is 18.7 Å². The summed E-state index contributed by atoms with van der Waals surface area (Å²) in [6.07, 6.45) is 5.62. The van der Waals surface area contributed by atoms with E-state index in [1.54, 1.807) is 13.3 Å². The van der Waals surface area contributed by atoms with Gasteiger partial charge < -0.3 is 15.3 Å². The molecule has 5 rings (SSSR count). The number of aliphatic hydroxyl groups is 1. The van der Waals surface area contributed by atoms with E-state index in [-0.39, 0.29) is 23.9 Å². The fourth-order valence-corrected chi connectivity index (χ4v) is 4.44. The Labute approximate surface area is 160 Å². The molecule has 1 aromatic heterocycles. The molecule has 1 aromatic carbocycles. The van der Waals surface area contributed by atoms with Crippen LogP contribution in [0.2, 0.25) is 0 Å². The second-order valence-corrected chi connectivity index (χ2v) is 6.97. The van der Waals surface area contributed by atoms with Gasteiger partial charge in [0.15, 0.2) is 0 Å². The van der Waals surface area contributed by atoms with Crippen molar-refractivity contribution in [3.63, 3.8) is 0 Å². The molecule has 2 bridgehead atoms. The molecule has 0 saturated carbocycles. The second kappa shape index (κ2) is 8.35.